The molecule has 3 aromatic carbocycles. The first-order chi connectivity index (χ1) is 23.0. The minimum absolute atomic E-state index is 0.00663. The van der Waals surface area contributed by atoms with Crippen molar-refractivity contribution in [1.82, 2.24) is 10.2 Å². The maximum absolute atomic E-state index is 14.1. The van der Waals surface area contributed by atoms with Gasteiger partial charge in [0.25, 0.3) is 5.91 Å². The van der Waals surface area contributed by atoms with E-state index in [1.165, 1.54) is 11.0 Å². The Labute approximate surface area is 281 Å². The topological polar surface area (TPSA) is 162 Å². The van der Waals surface area contributed by atoms with Crippen LogP contribution in [0.25, 0.3) is 0 Å². The molecule has 11 nitrogen and oxygen atoms in total. The number of nitrogens with one attached hydrogen (secondary N) is 3. The van der Waals surface area contributed by atoms with Gasteiger partial charge in [0.05, 0.1) is 10.1 Å². The molecule has 0 aliphatic carbocycles. The molecule has 0 aromatic heterocycles. The van der Waals surface area contributed by atoms with E-state index < -0.39 is 33.3 Å². The first-order valence-corrected chi connectivity index (χ1v) is 17.0. The quantitative estimate of drug-likeness (QED) is 0.299. The molecule has 3 aliphatic heterocycles. The monoisotopic (exact) mass is 702 g/mol. The van der Waals surface area contributed by atoms with Crippen LogP contribution in [0.1, 0.15) is 65.3 Å². The third-order valence-corrected chi connectivity index (χ3v) is 10.3. The average Bonchev–Trinajstić information content (AvgIpc) is 3.03. The number of alkyl halides is 3. The summed E-state index contributed by atoms with van der Waals surface area (Å²) in [7, 11) is -2.03. The Morgan fingerprint density at radius 2 is 1.63 bits per heavy atom. The molecule has 1 atom stereocenters. The third-order valence-electron chi connectivity index (χ3n) is 8.07. The highest BCUT2D eigenvalue weighted by Gasteiger charge is 2.38. The van der Waals surface area contributed by atoms with E-state index in [0.29, 0.717) is 48.3 Å². The number of benzene rings is 3. The molecule has 15 heteroatoms. The van der Waals surface area contributed by atoms with Crippen LogP contribution in [0, 0.1) is 0 Å². The minimum Gasteiger partial charge on any atom is -0.475 e. The van der Waals surface area contributed by atoms with E-state index >= 15 is 0 Å². The molecule has 0 saturated heterocycles. The number of amides is 3. The smallest absolute Gasteiger partial charge is 0.475 e. The van der Waals surface area contributed by atoms with Gasteiger partial charge < -0.3 is 26.0 Å². The van der Waals surface area contributed by atoms with Gasteiger partial charge in [-0.1, -0.05) is 30.3 Å². The van der Waals surface area contributed by atoms with Crippen molar-refractivity contribution in [3.05, 3.63) is 88.5 Å². The predicted octanol–water partition coefficient (Wildman–Crippen LogP) is 4.87. The van der Waals surface area contributed by atoms with Gasteiger partial charge in [0.1, 0.15) is 6.04 Å². The summed E-state index contributed by atoms with van der Waals surface area (Å²) in [5.74, 6) is -3.33. The maximum atomic E-state index is 14.1. The highest BCUT2D eigenvalue weighted by molar-refractivity contribution is 7.92. The third kappa shape index (κ3) is 9.16. The molecule has 4 N–H and O–H groups in total. The van der Waals surface area contributed by atoms with Crippen molar-refractivity contribution < 1.29 is 45.9 Å². The summed E-state index contributed by atoms with van der Waals surface area (Å²) in [6, 6.07) is 17.2. The largest absolute Gasteiger partial charge is 0.490 e. The van der Waals surface area contributed by atoms with Crippen LogP contribution in [-0.2, 0) is 43.6 Å². The molecule has 0 fully saturated rings. The molecule has 3 aliphatic rings. The van der Waals surface area contributed by atoms with E-state index in [1.54, 1.807) is 39.1 Å². The number of aryl methyl sites for hydroxylation is 1. The van der Waals surface area contributed by atoms with Gasteiger partial charge in [-0.25, -0.2) is 13.2 Å². The molecule has 0 saturated carbocycles. The van der Waals surface area contributed by atoms with Crippen LogP contribution < -0.4 is 16.0 Å². The van der Waals surface area contributed by atoms with Crippen molar-refractivity contribution in [3.8, 4) is 0 Å². The Kier molecular flexibility index (Phi) is 11.4. The number of rotatable bonds is 4. The molecule has 3 aromatic rings. The Balaban J connectivity index is 0.000000698. The molecule has 0 radical (unpaired) electrons. The number of carbonyl (C=O) groups excluding carboxylic acids is 3. The number of sulfone groups is 1. The molecular formula is C34H37F3N4O7S. The lowest BCUT2D eigenvalue weighted by atomic mass is 9.98. The standard InChI is InChI=1S/C32H36N4O5S.C2HF3O2/c1-20(2)42(40,41)28-14-13-25-17-24(28)19-36(3)32(39)30(23-9-7-21(8-10-23)5-4-6-29(37)34-25)35-26-12-11-22-15-16-33-31(38)27(22)18-26;3-2(4,5)1(6)7/h7-14,17-18,20,30,35H,4-6,15-16,19H2,1-3H3,(H,33,38)(H,34,37);(H,6,7)/t30-;/m1./s1. The van der Waals surface area contributed by atoms with Crippen LogP contribution in [0.5, 0.6) is 0 Å². The summed E-state index contributed by atoms with van der Waals surface area (Å²) in [5.41, 5.74) is 4.85. The maximum Gasteiger partial charge on any atom is 0.490 e. The van der Waals surface area contributed by atoms with Crippen molar-refractivity contribution in [3.63, 3.8) is 0 Å². The molecule has 4 bridgehead atoms. The van der Waals surface area contributed by atoms with Gasteiger partial charge in [0.15, 0.2) is 9.84 Å². The van der Waals surface area contributed by atoms with Crippen molar-refractivity contribution >= 4 is 44.9 Å². The van der Waals surface area contributed by atoms with Gasteiger partial charge in [0.2, 0.25) is 11.8 Å². The minimum atomic E-state index is -5.08. The Hall–Kier alpha value is -4.92. The van der Waals surface area contributed by atoms with Crippen LogP contribution >= 0.6 is 0 Å². The Bertz CT molecular complexity index is 1850. The second kappa shape index (κ2) is 15.1. The fraction of sp³-hybridized carbons (Fsp3) is 0.353. The van der Waals surface area contributed by atoms with Crippen LogP contribution in [0.4, 0.5) is 24.5 Å². The summed E-state index contributed by atoms with van der Waals surface area (Å²) >= 11 is 0. The van der Waals surface area contributed by atoms with Gasteiger partial charge >= 0.3 is 12.1 Å². The average molecular weight is 703 g/mol. The van der Waals surface area contributed by atoms with Gasteiger partial charge in [0, 0.05) is 43.5 Å². The summed E-state index contributed by atoms with van der Waals surface area (Å²) < 4.78 is 58.2. The van der Waals surface area contributed by atoms with Gasteiger partial charge in [-0.05, 0) is 85.7 Å². The number of hydrogen-bond donors (Lipinski definition) is 4. The lowest BCUT2D eigenvalue weighted by molar-refractivity contribution is -0.192. The number of carboxylic acids is 1. The number of likely N-dealkylation sites (N-methyl/N-ethyl adjacent to an activating group) is 1. The Morgan fingerprint density at radius 3 is 2.27 bits per heavy atom. The van der Waals surface area contributed by atoms with Crippen molar-refractivity contribution in [2.24, 2.45) is 0 Å². The fourth-order valence-corrected chi connectivity index (χ4v) is 6.63. The van der Waals surface area contributed by atoms with E-state index in [4.69, 9.17) is 9.90 Å². The number of halogens is 3. The van der Waals surface area contributed by atoms with E-state index in [0.717, 1.165) is 23.1 Å². The molecule has 3 heterocycles. The fourth-order valence-electron chi connectivity index (χ4n) is 5.38. The Morgan fingerprint density at radius 1 is 0.959 bits per heavy atom. The highest BCUT2D eigenvalue weighted by atomic mass is 32.2. The summed E-state index contributed by atoms with van der Waals surface area (Å²) in [4.78, 5) is 49.7. The normalized spacial score (nSPS) is 17.0. The van der Waals surface area contributed by atoms with Crippen molar-refractivity contribution in [2.75, 3.05) is 24.2 Å². The number of aliphatic carboxylic acids is 1. The zero-order valence-corrected chi connectivity index (χ0v) is 27.9. The lowest BCUT2D eigenvalue weighted by Crippen LogP contribution is -2.36. The number of anilines is 2. The van der Waals surface area contributed by atoms with Crippen LogP contribution in [0.2, 0.25) is 0 Å². The number of carbonyl (C=O) groups is 4. The van der Waals surface area contributed by atoms with Gasteiger partial charge in [-0.2, -0.15) is 13.2 Å². The molecule has 0 spiro atoms. The van der Waals surface area contributed by atoms with E-state index in [-0.39, 0.29) is 29.2 Å². The number of carboxylic acid groups (broad SMARTS) is 1. The SMILES string of the molecule is CC(C)S(=O)(=O)c1ccc2cc1CN(C)C(=O)[C@H](Nc1ccc3c(c1)C(=O)NCC3)c1ccc(cc1)CCCC(=O)N2.O=C(O)C(F)(F)F. The molecule has 49 heavy (non-hydrogen) atoms. The summed E-state index contributed by atoms with van der Waals surface area (Å²) in [6.07, 6.45) is -2.69. The zero-order chi connectivity index (χ0) is 36.1. The summed E-state index contributed by atoms with van der Waals surface area (Å²) in [5, 5.41) is 15.5. The van der Waals surface area contributed by atoms with E-state index in [1.807, 2.05) is 36.4 Å². The number of fused-ring (bicyclic) bond motifs is 10. The van der Waals surface area contributed by atoms with E-state index in [2.05, 4.69) is 16.0 Å². The van der Waals surface area contributed by atoms with Crippen molar-refractivity contribution in [2.45, 2.75) is 68.4 Å². The first-order valence-electron chi connectivity index (χ1n) is 15.5. The van der Waals surface area contributed by atoms with Crippen LogP contribution in [0.3, 0.4) is 0 Å². The number of hydrogen-bond acceptors (Lipinski definition) is 7. The highest BCUT2D eigenvalue weighted by Crippen LogP contribution is 2.29. The zero-order valence-electron chi connectivity index (χ0n) is 27.1. The first kappa shape index (κ1) is 36.9. The second-order valence-corrected chi connectivity index (χ2v) is 14.5. The van der Waals surface area contributed by atoms with Crippen LogP contribution in [-0.4, -0.2) is 67.1 Å². The van der Waals surface area contributed by atoms with E-state index in [9.17, 15) is 36.0 Å². The number of nitrogens with zero attached hydrogens (tertiary/aromatic N) is 1. The van der Waals surface area contributed by atoms with Crippen molar-refractivity contribution in [1.29, 1.82) is 0 Å². The molecular weight excluding hydrogens is 665 g/mol. The lowest BCUT2D eigenvalue weighted by Gasteiger charge is -2.28. The predicted molar refractivity (Wildman–Crippen MR) is 176 cm³/mol. The molecule has 0 unspecified atom stereocenters. The summed E-state index contributed by atoms with van der Waals surface area (Å²) in [6.45, 7) is 3.83. The van der Waals surface area contributed by atoms with Gasteiger partial charge in [-0.15, -0.1) is 0 Å². The molecule has 6 rings (SSSR count). The van der Waals surface area contributed by atoms with Gasteiger partial charge in [-0.3, -0.25) is 14.4 Å². The second-order valence-electron chi connectivity index (χ2n) is 12.0. The van der Waals surface area contributed by atoms with Crippen LogP contribution in [0.15, 0.2) is 65.6 Å². The molecule has 3 amide bonds. The molecule has 262 valence electrons.